The Labute approximate surface area is 205 Å². The minimum atomic E-state index is -3.02. The van der Waals surface area contributed by atoms with E-state index in [0.29, 0.717) is 23.4 Å². The zero-order chi connectivity index (χ0) is 25.2. The second kappa shape index (κ2) is 7.97. The number of alkyl halides is 2. The Morgan fingerprint density at radius 1 is 1.19 bits per heavy atom. The number of para-hydroxylation sites is 1. The Bertz CT molecular complexity index is 1620. The summed E-state index contributed by atoms with van der Waals surface area (Å²) in [4.78, 5) is 26.5. The van der Waals surface area contributed by atoms with Crippen molar-refractivity contribution < 1.29 is 13.5 Å². The molecule has 0 amide bonds. The Balaban J connectivity index is 1.56. The first-order chi connectivity index (χ1) is 17.2. The van der Waals surface area contributed by atoms with Crippen LogP contribution in [0, 0.1) is 6.92 Å². The standard InChI is InChI=1S/C26H24F2N6O2/c1-14(17-5-4-6-20-22(17)36-13-26(20,27)28)30-23-19-12-18(16-7-9-33(3)21(35)11-16)24-29-8-10-34(24)25(19)32-15(2)31-23/h4-7,9,11-12,14,29H,8,10,13H2,1-3H3/t14-/m1/s1. The summed E-state index contributed by atoms with van der Waals surface area (Å²) in [5, 5.41) is 3.41. The first-order valence-electron chi connectivity index (χ1n) is 11.7. The molecule has 8 nitrogen and oxygen atoms in total. The minimum absolute atomic E-state index is 0.113. The van der Waals surface area contributed by atoms with Crippen molar-refractivity contribution in [2.24, 2.45) is 12.0 Å². The van der Waals surface area contributed by atoms with E-state index in [1.165, 1.54) is 10.6 Å². The largest absolute Gasteiger partial charge is 0.486 e. The maximum atomic E-state index is 14.2. The molecule has 4 aliphatic rings. The highest BCUT2D eigenvalue weighted by Crippen LogP contribution is 2.45. The van der Waals surface area contributed by atoms with Gasteiger partial charge in [0, 0.05) is 43.5 Å². The van der Waals surface area contributed by atoms with Crippen LogP contribution in [-0.4, -0.2) is 32.3 Å². The fourth-order valence-electron chi connectivity index (χ4n) is 4.91. The van der Waals surface area contributed by atoms with E-state index in [2.05, 4.69) is 14.9 Å². The zero-order valence-electron chi connectivity index (χ0n) is 20.0. The number of ether oxygens (including phenoxy) is 1. The second-order valence-corrected chi connectivity index (χ2v) is 9.20. The van der Waals surface area contributed by atoms with Gasteiger partial charge in [-0.3, -0.25) is 9.79 Å². The average Bonchev–Trinajstić information content (AvgIpc) is 3.45. The smallest absolute Gasteiger partial charge is 0.310 e. The number of hydrogen-bond donors (Lipinski definition) is 1. The Morgan fingerprint density at radius 3 is 2.83 bits per heavy atom. The first kappa shape index (κ1) is 22.4. The van der Waals surface area contributed by atoms with Gasteiger partial charge in [-0.05, 0) is 37.6 Å². The lowest BCUT2D eigenvalue weighted by Crippen LogP contribution is -2.21. The van der Waals surface area contributed by atoms with Crippen molar-refractivity contribution in [1.29, 1.82) is 0 Å². The number of aryl methyl sites for hydroxylation is 2. The average molecular weight is 491 g/mol. The number of nitrogens with zero attached hydrogens (tertiary/aromatic N) is 5. The lowest BCUT2D eigenvalue weighted by molar-refractivity contribution is -0.0214. The van der Waals surface area contributed by atoms with E-state index in [0.717, 1.165) is 34.9 Å². The van der Waals surface area contributed by atoms with Crippen molar-refractivity contribution in [3.8, 4) is 28.3 Å². The van der Waals surface area contributed by atoms with E-state index >= 15 is 0 Å². The third-order valence-corrected chi connectivity index (χ3v) is 6.73. The van der Waals surface area contributed by atoms with Gasteiger partial charge in [0.2, 0.25) is 0 Å². The monoisotopic (exact) mass is 490 g/mol. The molecule has 184 valence electrons. The van der Waals surface area contributed by atoms with Crippen molar-refractivity contribution in [1.82, 2.24) is 19.1 Å². The topological polar surface area (TPSA) is 86.3 Å². The number of halogens is 2. The predicted octanol–water partition coefficient (Wildman–Crippen LogP) is 3.63. The van der Waals surface area contributed by atoms with Gasteiger partial charge in [0.25, 0.3) is 5.56 Å². The maximum absolute atomic E-state index is 14.2. The molecule has 0 fully saturated rings. The number of aromatic nitrogens is 4. The molecule has 0 saturated heterocycles. The molecule has 2 aromatic rings. The Kier molecular flexibility index (Phi) is 4.96. The van der Waals surface area contributed by atoms with Crippen molar-refractivity contribution in [3.63, 3.8) is 0 Å². The summed E-state index contributed by atoms with van der Waals surface area (Å²) in [5.74, 6) is -0.673. The second-order valence-electron chi connectivity index (χ2n) is 9.20. The molecule has 0 bridgehead atoms. The summed E-state index contributed by atoms with van der Waals surface area (Å²) in [6.07, 6.45) is 1.73. The molecule has 0 aliphatic carbocycles. The van der Waals surface area contributed by atoms with E-state index in [1.807, 2.05) is 19.1 Å². The van der Waals surface area contributed by atoms with Gasteiger partial charge in [-0.25, -0.2) is 9.97 Å². The highest BCUT2D eigenvalue weighted by Gasteiger charge is 2.42. The van der Waals surface area contributed by atoms with Crippen LogP contribution in [-0.2, 0) is 19.5 Å². The van der Waals surface area contributed by atoms with Crippen molar-refractivity contribution >= 4 is 5.82 Å². The molecule has 1 atom stereocenters. The van der Waals surface area contributed by atoms with Crippen LogP contribution in [0.2, 0.25) is 0 Å². The molecule has 0 spiro atoms. The van der Waals surface area contributed by atoms with Crippen molar-refractivity contribution in [3.05, 3.63) is 75.4 Å². The van der Waals surface area contributed by atoms with Crippen LogP contribution in [0.25, 0.3) is 22.5 Å². The molecule has 4 aliphatic heterocycles. The molecule has 5 heterocycles. The number of pyridine rings is 2. The summed E-state index contributed by atoms with van der Waals surface area (Å²) in [7, 11) is 1.71. The van der Waals surface area contributed by atoms with Crippen LogP contribution in [0.3, 0.4) is 0 Å². The highest BCUT2D eigenvalue weighted by atomic mass is 19.3. The van der Waals surface area contributed by atoms with Gasteiger partial charge in [0.1, 0.15) is 23.2 Å². The Hall–Kier alpha value is -4.08. The number of hydrogen-bond acceptors (Lipinski definition) is 6. The number of anilines is 1. The van der Waals surface area contributed by atoms with E-state index in [1.54, 1.807) is 38.4 Å². The SMILES string of the molecule is Cc1nc2n3c(c(-c4ccn(C)c(=O)c4)cc-2c(=N[C@H](C)c2cccc4c2OCC4(F)F)n1)NCC3. The summed E-state index contributed by atoms with van der Waals surface area (Å²) in [6, 6.07) is 9.70. The van der Waals surface area contributed by atoms with Crippen LogP contribution in [0.4, 0.5) is 14.6 Å². The summed E-state index contributed by atoms with van der Waals surface area (Å²) >= 11 is 0. The molecular weight excluding hydrogens is 466 g/mol. The minimum Gasteiger partial charge on any atom is -0.486 e. The lowest BCUT2D eigenvalue weighted by Gasteiger charge is -2.18. The van der Waals surface area contributed by atoms with Crippen LogP contribution < -0.4 is 21.1 Å². The molecule has 1 N–H and O–H groups in total. The van der Waals surface area contributed by atoms with Crippen molar-refractivity contribution in [2.75, 3.05) is 18.5 Å². The predicted molar refractivity (Wildman–Crippen MR) is 130 cm³/mol. The van der Waals surface area contributed by atoms with E-state index in [4.69, 9.17) is 14.7 Å². The third kappa shape index (κ3) is 3.47. The molecule has 0 radical (unpaired) electrons. The zero-order valence-corrected chi connectivity index (χ0v) is 20.0. The number of nitrogens with one attached hydrogen (secondary N) is 1. The number of fused-ring (bicyclic) bond motifs is 4. The molecule has 10 heteroatoms. The quantitative estimate of drug-likeness (QED) is 0.474. The third-order valence-electron chi connectivity index (χ3n) is 6.73. The van der Waals surface area contributed by atoms with Gasteiger partial charge in [0.05, 0.1) is 17.2 Å². The van der Waals surface area contributed by atoms with Gasteiger partial charge in [-0.15, -0.1) is 0 Å². The van der Waals surface area contributed by atoms with Gasteiger partial charge in [-0.1, -0.05) is 12.1 Å². The summed E-state index contributed by atoms with van der Waals surface area (Å²) in [5.41, 5.74) is 3.15. The van der Waals surface area contributed by atoms with Gasteiger partial charge in [0.15, 0.2) is 12.1 Å². The lowest BCUT2D eigenvalue weighted by atomic mass is 10.0. The van der Waals surface area contributed by atoms with Gasteiger partial charge in [-0.2, -0.15) is 8.78 Å². The van der Waals surface area contributed by atoms with Crippen molar-refractivity contribution in [2.45, 2.75) is 32.4 Å². The van der Waals surface area contributed by atoms with Gasteiger partial charge < -0.3 is 19.2 Å². The number of rotatable bonds is 3. The molecule has 6 rings (SSSR count). The van der Waals surface area contributed by atoms with E-state index < -0.39 is 18.6 Å². The van der Waals surface area contributed by atoms with E-state index in [9.17, 15) is 13.6 Å². The molecule has 0 unspecified atom stereocenters. The Morgan fingerprint density at radius 2 is 2.03 bits per heavy atom. The van der Waals surface area contributed by atoms with Gasteiger partial charge >= 0.3 is 5.92 Å². The first-order valence-corrected chi connectivity index (χ1v) is 11.7. The molecule has 1 aromatic heterocycles. The van der Waals surface area contributed by atoms with E-state index in [-0.39, 0.29) is 16.9 Å². The molecule has 1 aromatic carbocycles. The van der Waals surface area contributed by atoms with Crippen LogP contribution in [0.1, 0.15) is 29.9 Å². The van der Waals surface area contributed by atoms with Crippen LogP contribution in [0.15, 0.2) is 52.4 Å². The van der Waals surface area contributed by atoms with Crippen LogP contribution in [0.5, 0.6) is 5.75 Å². The highest BCUT2D eigenvalue weighted by molar-refractivity contribution is 5.82. The van der Waals surface area contributed by atoms with Crippen LogP contribution >= 0.6 is 0 Å². The maximum Gasteiger partial charge on any atom is 0.310 e. The molecule has 0 saturated carbocycles. The summed E-state index contributed by atoms with van der Waals surface area (Å²) < 4.78 is 37.5. The molecule has 36 heavy (non-hydrogen) atoms. The number of benzene rings is 1. The fraction of sp³-hybridized carbons (Fsp3) is 0.308. The normalized spacial score (nSPS) is 17.0. The summed E-state index contributed by atoms with van der Waals surface area (Å²) in [6.45, 7) is 4.40. The fourth-order valence-corrected chi connectivity index (χ4v) is 4.91. The molecular formula is C26H24F2N6O2.